The number of aliphatic hydroxyl groups is 1. The lowest BCUT2D eigenvalue weighted by Crippen LogP contribution is -2.42. The van der Waals surface area contributed by atoms with Crippen LogP contribution in [-0.2, 0) is 4.74 Å². The van der Waals surface area contributed by atoms with Crippen molar-refractivity contribution in [1.82, 2.24) is 5.32 Å². The maximum Gasteiger partial charge on any atom is 0.319 e. The van der Waals surface area contributed by atoms with Gasteiger partial charge < -0.3 is 20.5 Å². The second-order valence-electron chi connectivity index (χ2n) is 4.07. The molecule has 0 aliphatic carbocycles. The number of methoxy groups -OCH3 is 1. The van der Waals surface area contributed by atoms with Crippen LogP contribution >= 0.6 is 0 Å². The molecule has 0 radical (unpaired) electrons. The van der Waals surface area contributed by atoms with Crippen LogP contribution in [0.15, 0.2) is 24.3 Å². The Hall–Kier alpha value is -1.92. The Labute approximate surface area is 111 Å². The number of nitrogens with one attached hydrogen (secondary N) is 2. The van der Waals surface area contributed by atoms with Gasteiger partial charge in [-0.15, -0.1) is 0 Å². The van der Waals surface area contributed by atoms with Gasteiger partial charge >= 0.3 is 6.03 Å². The van der Waals surface area contributed by atoms with E-state index >= 15 is 0 Å². The molecule has 0 aromatic heterocycles. The molecule has 1 rings (SSSR count). The summed E-state index contributed by atoms with van der Waals surface area (Å²) in [5.74, 6) is -0.0725. The number of benzene rings is 1. The predicted molar refractivity (Wildman–Crippen MR) is 71.4 cm³/mol. The number of hydrogen-bond acceptors (Lipinski definition) is 4. The van der Waals surface area contributed by atoms with Crippen molar-refractivity contribution in [1.29, 1.82) is 0 Å². The molecular formula is C13H18N2O4. The number of hydrogen-bond donors (Lipinski definition) is 3. The number of aliphatic hydroxyl groups excluding tert-OH is 1. The highest BCUT2D eigenvalue weighted by Gasteiger charge is 2.11. The molecule has 0 bridgehead atoms. The first-order valence-electron chi connectivity index (χ1n) is 5.85. The molecule has 0 saturated heterocycles. The molecule has 0 heterocycles. The smallest absolute Gasteiger partial charge is 0.319 e. The summed E-state index contributed by atoms with van der Waals surface area (Å²) in [5.41, 5.74) is 1.03. The molecule has 0 aliphatic rings. The summed E-state index contributed by atoms with van der Waals surface area (Å²) in [4.78, 5) is 22.9. The van der Waals surface area contributed by atoms with E-state index in [1.807, 2.05) is 0 Å². The van der Waals surface area contributed by atoms with Crippen molar-refractivity contribution in [2.24, 2.45) is 0 Å². The van der Waals surface area contributed by atoms with Crippen LogP contribution in [0.2, 0.25) is 0 Å². The number of carbonyl (C=O) groups is 2. The second-order valence-corrected chi connectivity index (χ2v) is 4.07. The summed E-state index contributed by atoms with van der Waals surface area (Å²) in [6.45, 7) is 1.46. The number of carbonyl (C=O) groups excluding carboxylic acids is 2. The van der Waals surface area contributed by atoms with Gasteiger partial charge in [0.05, 0.1) is 19.3 Å². The van der Waals surface area contributed by atoms with Gasteiger partial charge in [0.25, 0.3) is 0 Å². The second kappa shape index (κ2) is 7.50. The lowest BCUT2D eigenvalue weighted by molar-refractivity contribution is 0.101. The van der Waals surface area contributed by atoms with Crippen LogP contribution in [0.4, 0.5) is 10.5 Å². The monoisotopic (exact) mass is 266 g/mol. The predicted octanol–water partition coefficient (Wildman–Crippen LogP) is 1.02. The Kier molecular flexibility index (Phi) is 5.98. The lowest BCUT2D eigenvalue weighted by atomic mass is 10.1. The van der Waals surface area contributed by atoms with Crippen LogP contribution in [0.25, 0.3) is 0 Å². The number of Topliss-reactive ketones (excluding diaryl/α,β-unsaturated/α-hetero) is 1. The number of ether oxygens (including phenoxy) is 1. The van der Waals surface area contributed by atoms with Gasteiger partial charge in [-0.3, -0.25) is 4.79 Å². The molecular weight excluding hydrogens is 248 g/mol. The highest BCUT2D eigenvalue weighted by Crippen LogP contribution is 2.10. The minimum absolute atomic E-state index is 0.0725. The standard InChI is InChI=1S/C13H18N2O4/c1-9(17)10-4-3-5-11(6-10)14-13(18)15-12(7-16)8-19-2/h3-6,12,16H,7-8H2,1-2H3,(H2,14,15,18). The normalized spacial score (nSPS) is 11.7. The van der Waals surface area contributed by atoms with Crippen molar-refractivity contribution in [3.63, 3.8) is 0 Å². The lowest BCUT2D eigenvalue weighted by Gasteiger charge is -2.15. The molecule has 1 aromatic rings. The highest BCUT2D eigenvalue weighted by atomic mass is 16.5. The molecule has 6 nitrogen and oxygen atoms in total. The molecule has 0 spiro atoms. The van der Waals surface area contributed by atoms with Crippen LogP contribution < -0.4 is 10.6 Å². The zero-order valence-corrected chi connectivity index (χ0v) is 11.0. The molecule has 3 N–H and O–H groups in total. The molecule has 2 amide bonds. The zero-order chi connectivity index (χ0) is 14.3. The molecule has 19 heavy (non-hydrogen) atoms. The summed E-state index contributed by atoms with van der Waals surface area (Å²) in [5, 5.41) is 14.2. The van der Waals surface area contributed by atoms with Crippen molar-refractivity contribution >= 4 is 17.5 Å². The van der Waals surface area contributed by atoms with Crippen molar-refractivity contribution in [3.8, 4) is 0 Å². The topological polar surface area (TPSA) is 87.7 Å². The molecule has 0 saturated carbocycles. The fourth-order valence-corrected chi connectivity index (χ4v) is 1.51. The SMILES string of the molecule is COCC(CO)NC(=O)Nc1cccc(C(C)=O)c1. The fraction of sp³-hybridized carbons (Fsp3) is 0.385. The third kappa shape index (κ3) is 5.07. The Morgan fingerprint density at radius 1 is 1.42 bits per heavy atom. The minimum Gasteiger partial charge on any atom is -0.394 e. The number of rotatable bonds is 6. The summed E-state index contributed by atoms with van der Waals surface area (Å²) in [6.07, 6.45) is 0. The first kappa shape index (κ1) is 15.1. The van der Waals surface area contributed by atoms with Crippen LogP contribution in [-0.4, -0.2) is 43.3 Å². The average molecular weight is 266 g/mol. The first-order chi connectivity index (χ1) is 9.06. The molecule has 0 aliphatic heterocycles. The van der Waals surface area contributed by atoms with E-state index in [-0.39, 0.29) is 19.0 Å². The van der Waals surface area contributed by atoms with E-state index < -0.39 is 12.1 Å². The number of ketones is 1. The maximum atomic E-state index is 11.7. The molecule has 1 unspecified atom stereocenters. The molecule has 0 fully saturated rings. The summed E-state index contributed by atoms with van der Waals surface area (Å²) < 4.78 is 4.85. The first-order valence-corrected chi connectivity index (χ1v) is 5.85. The molecule has 1 aromatic carbocycles. The molecule has 6 heteroatoms. The Balaban J connectivity index is 2.61. The summed E-state index contributed by atoms with van der Waals surface area (Å²) in [7, 11) is 1.48. The highest BCUT2D eigenvalue weighted by molar-refractivity contribution is 5.96. The zero-order valence-electron chi connectivity index (χ0n) is 11.0. The van der Waals surface area contributed by atoms with Gasteiger partial charge in [0.15, 0.2) is 5.78 Å². The van der Waals surface area contributed by atoms with Crippen molar-refractivity contribution < 1.29 is 19.4 Å². The van der Waals surface area contributed by atoms with Gasteiger partial charge in [0.1, 0.15) is 0 Å². The van der Waals surface area contributed by atoms with Gasteiger partial charge in [-0.1, -0.05) is 12.1 Å². The summed E-state index contributed by atoms with van der Waals surface area (Å²) in [6, 6.07) is 5.69. The van der Waals surface area contributed by atoms with Crippen LogP contribution in [0, 0.1) is 0 Å². The summed E-state index contributed by atoms with van der Waals surface area (Å²) >= 11 is 0. The van der Waals surface area contributed by atoms with Gasteiger partial charge in [0.2, 0.25) is 0 Å². The van der Waals surface area contributed by atoms with E-state index in [4.69, 9.17) is 9.84 Å². The van der Waals surface area contributed by atoms with Crippen LogP contribution in [0.5, 0.6) is 0 Å². The average Bonchev–Trinajstić information content (AvgIpc) is 2.38. The maximum absolute atomic E-state index is 11.7. The van der Waals surface area contributed by atoms with Crippen LogP contribution in [0.3, 0.4) is 0 Å². The Morgan fingerprint density at radius 3 is 2.74 bits per heavy atom. The Morgan fingerprint density at radius 2 is 2.16 bits per heavy atom. The third-order valence-electron chi connectivity index (χ3n) is 2.45. The van der Waals surface area contributed by atoms with Crippen molar-refractivity contribution in [2.75, 3.05) is 25.6 Å². The minimum atomic E-state index is -0.471. The third-order valence-corrected chi connectivity index (χ3v) is 2.45. The van der Waals surface area contributed by atoms with E-state index in [1.54, 1.807) is 24.3 Å². The van der Waals surface area contributed by atoms with E-state index in [2.05, 4.69) is 10.6 Å². The van der Waals surface area contributed by atoms with Gasteiger partial charge in [-0.25, -0.2) is 4.79 Å². The quantitative estimate of drug-likeness (QED) is 0.671. The van der Waals surface area contributed by atoms with E-state index in [0.29, 0.717) is 11.3 Å². The molecule has 1 atom stereocenters. The molecule has 104 valence electrons. The number of anilines is 1. The van der Waals surface area contributed by atoms with Crippen molar-refractivity contribution in [2.45, 2.75) is 13.0 Å². The van der Waals surface area contributed by atoms with Gasteiger partial charge in [0, 0.05) is 18.4 Å². The van der Waals surface area contributed by atoms with Gasteiger partial charge in [-0.05, 0) is 19.1 Å². The number of amides is 2. The van der Waals surface area contributed by atoms with Crippen LogP contribution in [0.1, 0.15) is 17.3 Å². The largest absolute Gasteiger partial charge is 0.394 e. The fourth-order valence-electron chi connectivity index (χ4n) is 1.51. The van der Waals surface area contributed by atoms with E-state index in [1.165, 1.54) is 14.0 Å². The van der Waals surface area contributed by atoms with Gasteiger partial charge in [-0.2, -0.15) is 0 Å². The van der Waals surface area contributed by atoms with Crippen molar-refractivity contribution in [3.05, 3.63) is 29.8 Å². The number of urea groups is 1. The Bertz CT molecular complexity index is 448. The van der Waals surface area contributed by atoms with E-state index in [9.17, 15) is 9.59 Å². The van der Waals surface area contributed by atoms with E-state index in [0.717, 1.165) is 0 Å².